The van der Waals surface area contributed by atoms with Crippen LogP contribution in [0.4, 0.5) is 10.8 Å². The summed E-state index contributed by atoms with van der Waals surface area (Å²) in [6, 6.07) is 10.1. The zero-order valence-corrected chi connectivity index (χ0v) is 17.5. The van der Waals surface area contributed by atoms with Gasteiger partial charge in [0.05, 0.1) is 16.8 Å². The SMILES string of the molecule is CC(C)c1nnc(NC(=O)COc2ccc(-c3cn4cc([N+](=O)[O-])ccc4n3)cc2)s1. The number of amides is 1. The van der Waals surface area contributed by atoms with E-state index in [0.29, 0.717) is 22.2 Å². The average molecular weight is 438 g/mol. The third kappa shape index (κ3) is 4.67. The molecule has 0 spiro atoms. The lowest BCUT2D eigenvalue weighted by atomic mass is 10.2. The van der Waals surface area contributed by atoms with Gasteiger partial charge in [-0.3, -0.25) is 24.6 Å². The van der Waals surface area contributed by atoms with Crippen LogP contribution >= 0.6 is 11.3 Å². The molecular weight excluding hydrogens is 420 g/mol. The minimum atomic E-state index is -0.449. The van der Waals surface area contributed by atoms with Crippen LogP contribution in [0, 0.1) is 10.1 Å². The van der Waals surface area contributed by atoms with Gasteiger partial charge in [-0.1, -0.05) is 25.2 Å². The summed E-state index contributed by atoms with van der Waals surface area (Å²) in [4.78, 5) is 27.0. The Bertz CT molecular complexity index is 1250. The van der Waals surface area contributed by atoms with Crippen molar-refractivity contribution in [2.24, 2.45) is 0 Å². The minimum absolute atomic E-state index is 0.00701. The predicted molar refractivity (Wildman–Crippen MR) is 115 cm³/mol. The summed E-state index contributed by atoms with van der Waals surface area (Å²) in [5.74, 6) is 0.455. The lowest BCUT2D eigenvalue weighted by Gasteiger charge is -2.06. The third-order valence-corrected chi connectivity index (χ3v) is 5.49. The van der Waals surface area contributed by atoms with Crippen molar-refractivity contribution in [1.29, 1.82) is 0 Å². The maximum atomic E-state index is 12.1. The molecule has 0 aliphatic carbocycles. The average Bonchev–Trinajstić information content (AvgIpc) is 3.39. The molecule has 0 bridgehead atoms. The standard InChI is InChI=1S/C20H18N6O4S/c1-12(2)19-23-24-20(31-19)22-18(27)11-30-15-6-3-13(4-7-15)16-10-25-9-14(26(28)29)5-8-17(25)21-16/h3-10,12H,11H2,1-2H3,(H,22,24,27). The molecule has 1 amide bonds. The molecule has 0 unspecified atom stereocenters. The Balaban J connectivity index is 1.38. The number of hydrogen-bond donors (Lipinski definition) is 1. The van der Waals surface area contributed by atoms with Crippen LogP contribution in [0.2, 0.25) is 0 Å². The smallest absolute Gasteiger partial charge is 0.286 e. The van der Waals surface area contributed by atoms with Crippen molar-refractivity contribution in [2.45, 2.75) is 19.8 Å². The van der Waals surface area contributed by atoms with Gasteiger partial charge in [0.1, 0.15) is 16.4 Å². The molecular formula is C20H18N6O4S. The molecule has 0 radical (unpaired) electrons. The molecule has 0 fully saturated rings. The zero-order chi connectivity index (χ0) is 22.0. The fourth-order valence-electron chi connectivity index (χ4n) is 2.77. The van der Waals surface area contributed by atoms with Crippen molar-refractivity contribution in [3.63, 3.8) is 0 Å². The predicted octanol–water partition coefficient (Wildman–Crippen LogP) is 3.90. The molecule has 3 heterocycles. The van der Waals surface area contributed by atoms with E-state index in [0.717, 1.165) is 10.6 Å². The van der Waals surface area contributed by atoms with Gasteiger partial charge in [-0.25, -0.2) is 4.98 Å². The van der Waals surface area contributed by atoms with Gasteiger partial charge in [0.15, 0.2) is 6.61 Å². The van der Waals surface area contributed by atoms with E-state index in [1.54, 1.807) is 28.8 Å². The van der Waals surface area contributed by atoms with Gasteiger partial charge >= 0.3 is 0 Å². The lowest BCUT2D eigenvalue weighted by molar-refractivity contribution is -0.385. The summed E-state index contributed by atoms with van der Waals surface area (Å²) >= 11 is 1.34. The molecule has 0 saturated carbocycles. The van der Waals surface area contributed by atoms with Crippen LogP contribution in [0.1, 0.15) is 24.8 Å². The highest BCUT2D eigenvalue weighted by atomic mass is 32.1. The molecule has 0 atom stereocenters. The number of carbonyl (C=O) groups excluding carboxylic acids is 1. The topological polar surface area (TPSA) is 125 Å². The first-order valence-electron chi connectivity index (χ1n) is 9.38. The van der Waals surface area contributed by atoms with Crippen LogP contribution in [0.5, 0.6) is 5.75 Å². The molecule has 1 N–H and O–H groups in total. The van der Waals surface area contributed by atoms with E-state index < -0.39 is 4.92 Å². The molecule has 4 aromatic rings. The Morgan fingerprint density at radius 3 is 2.65 bits per heavy atom. The van der Waals surface area contributed by atoms with Crippen molar-refractivity contribution in [2.75, 3.05) is 11.9 Å². The fraction of sp³-hybridized carbons (Fsp3) is 0.200. The largest absolute Gasteiger partial charge is 0.484 e. The number of pyridine rings is 1. The second kappa shape index (κ2) is 8.48. The Morgan fingerprint density at radius 2 is 1.97 bits per heavy atom. The molecule has 4 rings (SSSR count). The van der Waals surface area contributed by atoms with Crippen molar-refractivity contribution < 1.29 is 14.5 Å². The normalized spacial score (nSPS) is 11.1. The number of carbonyl (C=O) groups is 1. The van der Waals surface area contributed by atoms with Crippen LogP contribution in [0.3, 0.4) is 0 Å². The molecule has 158 valence electrons. The fourth-order valence-corrected chi connectivity index (χ4v) is 3.53. The highest BCUT2D eigenvalue weighted by Crippen LogP contribution is 2.24. The van der Waals surface area contributed by atoms with Gasteiger partial charge in [0.2, 0.25) is 5.13 Å². The van der Waals surface area contributed by atoms with Crippen LogP contribution in [-0.2, 0) is 4.79 Å². The molecule has 3 aromatic heterocycles. The van der Waals surface area contributed by atoms with Gasteiger partial charge in [0.25, 0.3) is 11.6 Å². The number of fused-ring (bicyclic) bond motifs is 1. The van der Waals surface area contributed by atoms with E-state index >= 15 is 0 Å². The number of rotatable bonds is 7. The Labute approximate surface area is 180 Å². The minimum Gasteiger partial charge on any atom is -0.484 e. The molecule has 0 aliphatic rings. The van der Waals surface area contributed by atoms with E-state index in [9.17, 15) is 14.9 Å². The van der Waals surface area contributed by atoms with Gasteiger partial charge in [0, 0.05) is 23.7 Å². The van der Waals surface area contributed by atoms with Gasteiger partial charge < -0.3 is 4.74 Å². The molecule has 31 heavy (non-hydrogen) atoms. The second-order valence-electron chi connectivity index (χ2n) is 7.00. The van der Waals surface area contributed by atoms with Gasteiger partial charge in [-0.05, 0) is 30.3 Å². The number of hydrogen-bond acceptors (Lipinski definition) is 8. The maximum absolute atomic E-state index is 12.1. The first-order valence-corrected chi connectivity index (χ1v) is 10.2. The molecule has 0 saturated heterocycles. The van der Waals surface area contributed by atoms with Crippen LogP contribution in [-0.4, -0.2) is 37.0 Å². The summed E-state index contributed by atoms with van der Waals surface area (Å²) in [5, 5.41) is 22.9. The van der Waals surface area contributed by atoms with Crippen LogP contribution < -0.4 is 10.1 Å². The van der Waals surface area contributed by atoms with E-state index in [1.165, 1.54) is 23.6 Å². The summed E-state index contributed by atoms with van der Waals surface area (Å²) in [7, 11) is 0. The number of ether oxygens (including phenoxy) is 1. The number of aromatic nitrogens is 4. The number of nitro groups is 1. The van der Waals surface area contributed by atoms with Crippen LogP contribution in [0.15, 0.2) is 48.8 Å². The Morgan fingerprint density at radius 1 is 1.19 bits per heavy atom. The molecule has 11 heteroatoms. The lowest BCUT2D eigenvalue weighted by Crippen LogP contribution is -2.20. The van der Waals surface area contributed by atoms with Gasteiger partial charge in [-0.2, -0.15) is 0 Å². The number of anilines is 1. The zero-order valence-electron chi connectivity index (χ0n) is 16.7. The number of imidazole rings is 1. The second-order valence-corrected chi connectivity index (χ2v) is 8.01. The first kappa shape index (κ1) is 20.4. The van der Waals surface area contributed by atoms with Crippen LogP contribution in [0.25, 0.3) is 16.9 Å². The van der Waals surface area contributed by atoms with E-state index in [1.807, 2.05) is 26.0 Å². The summed E-state index contributed by atoms with van der Waals surface area (Å²) in [5.41, 5.74) is 2.09. The monoisotopic (exact) mass is 438 g/mol. The molecule has 0 aliphatic heterocycles. The van der Waals surface area contributed by atoms with Crippen molar-refractivity contribution in [1.82, 2.24) is 19.6 Å². The highest BCUT2D eigenvalue weighted by Gasteiger charge is 2.12. The van der Waals surface area contributed by atoms with Crippen molar-refractivity contribution in [3.8, 4) is 17.0 Å². The Hall–Kier alpha value is -3.86. The number of nitrogens with zero attached hydrogens (tertiary/aromatic N) is 5. The quantitative estimate of drug-likeness (QED) is 0.343. The highest BCUT2D eigenvalue weighted by molar-refractivity contribution is 7.15. The van der Waals surface area contributed by atoms with E-state index in [2.05, 4.69) is 20.5 Å². The first-order chi connectivity index (χ1) is 14.9. The van der Waals surface area contributed by atoms with E-state index in [4.69, 9.17) is 4.74 Å². The molecule has 10 nitrogen and oxygen atoms in total. The summed E-state index contributed by atoms with van der Waals surface area (Å²) < 4.78 is 7.14. The Kier molecular flexibility index (Phi) is 5.58. The van der Waals surface area contributed by atoms with E-state index in [-0.39, 0.29) is 24.1 Å². The maximum Gasteiger partial charge on any atom is 0.286 e. The third-order valence-electron chi connectivity index (χ3n) is 4.35. The van der Waals surface area contributed by atoms with Crippen molar-refractivity contribution >= 4 is 33.7 Å². The number of benzene rings is 1. The number of nitrogens with one attached hydrogen (secondary N) is 1. The molecule has 1 aromatic carbocycles. The summed E-state index contributed by atoms with van der Waals surface area (Å²) in [6.45, 7) is 3.86. The summed E-state index contributed by atoms with van der Waals surface area (Å²) in [6.07, 6.45) is 3.14. The van der Waals surface area contributed by atoms with Gasteiger partial charge in [-0.15, -0.1) is 10.2 Å². The van der Waals surface area contributed by atoms with Crippen molar-refractivity contribution in [3.05, 3.63) is 63.9 Å².